The number of carbonyl (C=O) groups excluding carboxylic acids is 5. The molecule has 0 unspecified atom stereocenters. The van der Waals surface area contributed by atoms with E-state index in [-0.39, 0.29) is 25.0 Å². The van der Waals surface area contributed by atoms with Gasteiger partial charge < -0.3 is 21.3 Å². The second-order valence-electron chi connectivity index (χ2n) is 9.68. The maximum Gasteiger partial charge on any atom is 0.289 e. The Morgan fingerprint density at radius 1 is 0.976 bits per heavy atom. The van der Waals surface area contributed by atoms with Gasteiger partial charge in [-0.05, 0) is 44.9 Å². The SMILES string of the molecule is CC.CC(C)C.CCC.CNCC(=O)N[C@@H](C)C(=O)NCC(=O)C(=O)NC1CC1.O=Cc1ccnc2ccccc12. The van der Waals surface area contributed by atoms with E-state index in [4.69, 9.17) is 0 Å². The summed E-state index contributed by atoms with van der Waals surface area (Å²) in [6.07, 6.45) is 5.52. The Morgan fingerprint density at radius 2 is 1.54 bits per heavy atom. The lowest BCUT2D eigenvalue weighted by Gasteiger charge is -2.13. The number of hydrogen-bond acceptors (Lipinski definition) is 7. The van der Waals surface area contributed by atoms with E-state index in [9.17, 15) is 24.0 Å². The molecule has 0 radical (unpaired) electrons. The topological polar surface area (TPSA) is 146 Å². The van der Waals surface area contributed by atoms with E-state index < -0.39 is 23.6 Å². The van der Waals surface area contributed by atoms with Crippen LogP contribution in [0.2, 0.25) is 0 Å². The van der Waals surface area contributed by atoms with Gasteiger partial charge in [-0.2, -0.15) is 0 Å². The van der Waals surface area contributed by atoms with Gasteiger partial charge in [-0.3, -0.25) is 29.0 Å². The molecule has 4 N–H and O–H groups in total. The van der Waals surface area contributed by atoms with E-state index in [1.807, 2.05) is 38.1 Å². The van der Waals surface area contributed by atoms with Crippen LogP contribution in [-0.2, 0) is 19.2 Å². The number of ketones is 1. The fourth-order valence-corrected chi connectivity index (χ4v) is 2.63. The third-order valence-corrected chi connectivity index (χ3v) is 4.51. The molecule has 2 aromatic rings. The quantitative estimate of drug-likeness (QED) is 0.263. The van der Waals surface area contributed by atoms with Gasteiger partial charge in [0.1, 0.15) is 6.04 Å². The first-order valence-electron chi connectivity index (χ1n) is 14.3. The van der Waals surface area contributed by atoms with Gasteiger partial charge in [0.15, 0.2) is 6.29 Å². The number of hydrogen-bond donors (Lipinski definition) is 4. The van der Waals surface area contributed by atoms with E-state index in [2.05, 4.69) is 60.9 Å². The third-order valence-electron chi connectivity index (χ3n) is 4.51. The average molecular weight is 574 g/mol. The molecule has 1 heterocycles. The molecule has 3 rings (SSSR count). The highest BCUT2D eigenvalue weighted by atomic mass is 16.2. The Kier molecular flexibility index (Phi) is 23.3. The third kappa shape index (κ3) is 20.0. The van der Waals surface area contributed by atoms with Gasteiger partial charge in [-0.25, -0.2) is 0 Å². The highest BCUT2D eigenvalue weighted by Crippen LogP contribution is 2.18. The van der Waals surface area contributed by atoms with Crippen LogP contribution in [0.25, 0.3) is 10.9 Å². The summed E-state index contributed by atoms with van der Waals surface area (Å²) in [5.41, 5.74) is 1.56. The fourth-order valence-electron chi connectivity index (χ4n) is 2.63. The van der Waals surface area contributed by atoms with Crippen LogP contribution in [0, 0.1) is 5.92 Å². The van der Waals surface area contributed by atoms with Crippen molar-refractivity contribution in [1.82, 2.24) is 26.3 Å². The second-order valence-corrected chi connectivity index (χ2v) is 9.68. The number of aldehydes is 1. The van der Waals surface area contributed by atoms with Crippen molar-refractivity contribution in [2.24, 2.45) is 5.92 Å². The van der Waals surface area contributed by atoms with Crippen LogP contribution in [0.4, 0.5) is 0 Å². The number of aromatic nitrogens is 1. The van der Waals surface area contributed by atoms with E-state index in [0.717, 1.165) is 35.9 Å². The van der Waals surface area contributed by atoms with Crippen molar-refractivity contribution in [3.8, 4) is 0 Å². The van der Waals surface area contributed by atoms with Gasteiger partial charge in [0.05, 0.1) is 18.6 Å². The number of para-hydroxylation sites is 1. The van der Waals surface area contributed by atoms with Gasteiger partial charge in [0, 0.05) is 23.2 Å². The summed E-state index contributed by atoms with van der Waals surface area (Å²) in [6, 6.07) is 8.64. The van der Waals surface area contributed by atoms with E-state index in [1.165, 1.54) is 13.3 Å². The van der Waals surface area contributed by atoms with Crippen LogP contribution in [0.15, 0.2) is 36.5 Å². The first-order valence-corrected chi connectivity index (χ1v) is 14.3. The highest BCUT2D eigenvalue weighted by molar-refractivity contribution is 6.37. The zero-order valence-corrected chi connectivity index (χ0v) is 26.3. The monoisotopic (exact) mass is 573 g/mol. The number of pyridine rings is 1. The Bertz CT molecular complexity index is 1050. The van der Waals surface area contributed by atoms with Crippen LogP contribution in [-0.4, -0.2) is 67.0 Å². The van der Waals surface area contributed by atoms with Crippen molar-refractivity contribution in [2.45, 2.75) is 86.7 Å². The van der Waals surface area contributed by atoms with Crippen molar-refractivity contribution in [3.63, 3.8) is 0 Å². The van der Waals surface area contributed by atoms with Crippen LogP contribution in [0.1, 0.15) is 85.0 Å². The average Bonchev–Trinajstić information content (AvgIpc) is 3.76. The molecule has 1 aliphatic rings. The van der Waals surface area contributed by atoms with E-state index in [1.54, 1.807) is 19.3 Å². The number of amides is 3. The lowest BCUT2D eigenvalue weighted by atomic mass is 10.1. The summed E-state index contributed by atoms with van der Waals surface area (Å²) in [5.74, 6) is -1.38. The molecule has 0 saturated heterocycles. The summed E-state index contributed by atoms with van der Waals surface area (Å²) in [7, 11) is 1.61. The molecule has 1 aliphatic carbocycles. The van der Waals surface area contributed by atoms with Crippen LogP contribution in [0.5, 0.6) is 0 Å². The number of rotatable bonds is 9. The lowest BCUT2D eigenvalue weighted by molar-refractivity contribution is -0.138. The maximum atomic E-state index is 11.6. The van der Waals surface area contributed by atoms with Crippen molar-refractivity contribution in [1.29, 1.82) is 0 Å². The van der Waals surface area contributed by atoms with Crippen molar-refractivity contribution < 1.29 is 24.0 Å². The van der Waals surface area contributed by atoms with E-state index >= 15 is 0 Å². The molecule has 1 aromatic carbocycles. The smallest absolute Gasteiger partial charge is 0.289 e. The molecule has 0 bridgehead atoms. The van der Waals surface area contributed by atoms with Gasteiger partial charge >= 0.3 is 0 Å². The normalized spacial score (nSPS) is 11.8. The molecule has 0 aliphatic heterocycles. The molecule has 230 valence electrons. The highest BCUT2D eigenvalue weighted by Gasteiger charge is 2.26. The zero-order valence-electron chi connectivity index (χ0n) is 26.3. The molecular weight excluding hydrogens is 522 g/mol. The van der Waals surface area contributed by atoms with Gasteiger partial charge in [0.2, 0.25) is 17.6 Å². The van der Waals surface area contributed by atoms with Crippen LogP contribution in [0.3, 0.4) is 0 Å². The summed E-state index contributed by atoms with van der Waals surface area (Å²) in [6.45, 7) is 16.0. The number of nitrogens with zero attached hydrogens (tertiary/aromatic N) is 1. The molecular formula is C31H51N5O5. The molecule has 1 atom stereocenters. The lowest BCUT2D eigenvalue weighted by Crippen LogP contribution is -2.49. The molecule has 3 amide bonds. The number of likely N-dealkylation sites (N-methyl/N-ethyl adjacent to an activating group) is 1. The van der Waals surface area contributed by atoms with Gasteiger partial charge in [0.25, 0.3) is 5.91 Å². The predicted molar refractivity (Wildman–Crippen MR) is 166 cm³/mol. The summed E-state index contributed by atoms with van der Waals surface area (Å²) >= 11 is 0. The molecule has 10 nitrogen and oxygen atoms in total. The number of carbonyl (C=O) groups is 5. The minimum absolute atomic E-state index is 0.0976. The van der Waals surface area contributed by atoms with Crippen LogP contribution < -0.4 is 21.3 Å². The molecule has 0 spiro atoms. The molecule has 41 heavy (non-hydrogen) atoms. The van der Waals surface area contributed by atoms with Crippen molar-refractivity contribution in [3.05, 3.63) is 42.1 Å². The van der Waals surface area contributed by atoms with Crippen LogP contribution >= 0.6 is 0 Å². The maximum absolute atomic E-state index is 11.6. The van der Waals surface area contributed by atoms with E-state index in [0.29, 0.717) is 5.56 Å². The molecule has 1 fully saturated rings. The molecule has 10 heteroatoms. The molecule has 1 saturated carbocycles. The predicted octanol–water partition coefficient (Wildman–Crippen LogP) is 3.83. The number of Topliss-reactive ketones (excluding diaryl/α,β-unsaturated/α-hetero) is 1. The molecule has 1 aromatic heterocycles. The Morgan fingerprint density at radius 3 is 2.05 bits per heavy atom. The van der Waals surface area contributed by atoms with Crippen molar-refractivity contribution >= 4 is 40.7 Å². The minimum atomic E-state index is -0.768. The number of fused-ring (bicyclic) bond motifs is 1. The standard InChI is InChI=1S/C12H20N4O4.C10H7NO.C4H10.C3H8.C2H6/c1-7(15-10(18)6-13-2)11(19)14-5-9(17)12(20)16-8-3-4-8;12-7-8-5-6-11-10-4-2-1-3-9(8)10;1-4(2)3;1-3-2;1-2/h7-8,13H,3-6H2,1-2H3,(H,14,19)(H,15,18)(H,16,20);1-7H;4H,1-3H3;3H2,1-2H3;1-2H3/t7-;;;;/m0..../s1. The van der Waals surface area contributed by atoms with Crippen molar-refractivity contribution in [2.75, 3.05) is 20.1 Å². The largest absolute Gasteiger partial charge is 0.347 e. The Hall–Kier alpha value is -3.66. The fraction of sp³-hybridized carbons (Fsp3) is 0.548. The Balaban J connectivity index is 0. The Labute approximate surface area is 245 Å². The van der Waals surface area contributed by atoms with Gasteiger partial charge in [-0.1, -0.05) is 73.1 Å². The summed E-state index contributed by atoms with van der Waals surface area (Å²) < 4.78 is 0. The first-order chi connectivity index (χ1) is 19.5. The van der Waals surface area contributed by atoms with Gasteiger partial charge in [-0.15, -0.1) is 0 Å². The summed E-state index contributed by atoms with van der Waals surface area (Å²) in [5, 5.41) is 10.9. The minimum Gasteiger partial charge on any atom is -0.347 e. The number of nitrogens with one attached hydrogen (secondary N) is 4. The second kappa shape index (κ2) is 24.2. The first kappa shape index (κ1) is 39.5. The summed E-state index contributed by atoms with van der Waals surface area (Å²) in [4.78, 5) is 60.4. The zero-order chi connectivity index (χ0) is 31.8. The number of benzene rings is 1.